The molecule has 0 aromatic carbocycles. The quantitative estimate of drug-likeness (QED) is 0.931. The van der Waals surface area contributed by atoms with Gasteiger partial charge in [0.05, 0.1) is 22.4 Å². The summed E-state index contributed by atoms with van der Waals surface area (Å²) in [7, 11) is 0. The molecule has 0 amide bonds. The van der Waals surface area contributed by atoms with Gasteiger partial charge in [0.1, 0.15) is 0 Å². The maximum absolute atomic E-state index is 12.2. The van der Waals surface area contributed by atoms with E-state index in [1.165, 1.54) is 0 Å². The summed E-state index contributed by atoms with van der Waals surface area (Å²) < 4.78 is 4.02. The summed E-state index contributed by atoms with van der Waals surface area (Å²) in [5, 5.41) is 4.50. The van der Waals surface area contributed by atoms with E-state index in [1.807, 2.05) is 23.9 Å². The van der Waals surface area contributed by atoms with Crippen molar-refractivity contribution in [3.63, 3.8) is 0 Å². The van der Waals surface area contributed by atoms with Crippen LogP contribution in [0.3, 0.4) is 0 Å². The molecule has 1 atom stereocenters. The fourth-order valence-electron chi connectivity index (χ4n) is 1.92. The fourth-order valence-corrected chi connectivity index (χ4v) is 2.38. The van der Waals surface area contributed by atoms with Crippen molar-refractivity contribution in [3.8, 4) is 0 Å². The van der Waals surface area contributed by atoms with Crippen LogP contribution in [-0.2, 0) is 6.54 Å². The molecule has 0 radical (unpaired) electrons. The smallest absolute Gasteiger partial charge is 0.265 e. The standard InChI is InChI=1S/C14H19BrN4O/c1-4-9(2)19-6-5-11(17-19)7-18-8-12(16)10(3)13(15)14(18)20/h5-6,8-9H,4,7,16H2,1-3H3. The number of nitrogens with two attached hydrogens (primary N) is 1. The van der Waals surface area contributed by atoms with E-state index >= 15 is 0 Å². The van der Waals surface area contributed by atoms with Gasteiger partial charge >= 0.3 is 0 Å². The molecular formula is C14H19BrN4O. The summed E-state index contributed by atoms with van der Waals surface area (Å²) in [6.07, 6.45) is 4.63. The van der Waals surface area contributed by atoms with Crippen molar-refractivity contribution in [2.45, 2.75) is 39.8 Å². The predicted octanol–water partition coefficient (Wildman–Crippen LogP) is 2.72. The Morgan fingerprint density at radius 3 is 2.85 bits per heavy atom. The Morgan fingerprint density at radius 2 is 2.20 bits per heavy atom. The van der Waals surface area contributed by atoms with Crippen molar-refractivity contribution in [3.05, 3.63) is 44.5 Å². The van der Waals surface area contributed by atoms with Gasteiger partial charge in [-0.3, -0.25) is 9.48 Å². The molecular weight excluding hydrogens is 320 g/mol. The van der Waals surface area contributed by atoms with Crippen LogP contribution in [0.5, 0.6) is 0 Å². The lowest BCUT2D eigenvalue weighted by Crippen LogP contribution is -2.23. The van der Waals surface area contributed by atoms with E-state index in [9.17, 15) is 4.79 Å². The largest absolute Gasteiger partial charge is 0.397 e. The molecule has 6 heteroatoms. The van der Waals surface area contributed by atoms with Crippen LogP contribution in [0.25, 0.3) is 0 Å². The molecule has 5 nitrogen and oxygen atoms in total. The third-order valence-electron chi connectivity index (χ3n) is 3.54. The molecule has 2 aromatic rings. The van der Waals surface area contributed by atoms with E-state index in [1.54, 1.807) is 10.8 Å². The van der Waals surface area contributed by atoms with Crippen molar-refractivity contribution in [2.24, 2.45) is 0 Å². The highest BCUT2D eigenvalue weighted by Gasteiger charge is 2.10. The van der Waals surface area contributed by atoms with Crippen LogP contribution < -0.4 is 11.3 Å². The molecule has 0 aliphatic heterocycles. The minimum absolute atomic E-state index is 0.0882. The van der Waals surface area contributed by atoms with E-state index in [2.05, 4.69) is 34.9 Å². The van der Waals surface area contributed by atoms with Crippen LogP contribution >= 0.6 is 15.9 Å². The lowest BCUT2D eigenvalue weighted by Gasteiger charge is -2.10. The first-order valence-corrected chi connectivity index (χ1v) is 7.42. The fraction of sp³-hybridized carbons (Fsp3) is 0.429. The van der Waals surface area contributed by atoms with Crippen molar-refractivity contribution < 1.29 is 0 Å². The van der Waals surface area contributed by atoms with E-state index in [0.717, 1.165) is 17.7 Å². The summed E-state index contributed by atoms with van der Waals surface area (Å²) in [4.78, 5) is 12.2. The lowest BCUT2D eigenvalue weighted by atomic mass is 10.2. The number of rotatable bonds is 4. The molecule has 2 N–H and O–H groups in total. The van der Waals surface area contributed by atoms with Crippen LogP contribution in [0.4, 0.5) is 5.69 Å². The zero-order valence-corrected chi connectivity index (χ0v) is 13.5. The number of nitrogen functional groups attached to an aromatic ring is 1. The summed E-state index contributed by atoms with van der Waals surface area (Å²) in [5.41, 5.74) is 8.03. The highest BCUT2D eigenvalue weighted by atomic mass is 79.9. The van der Waals surface area contributed by atoms with Crippen molar-refractivity contribution in [2.75, 3.05) is 5.73 Å². The number of halogens is 1. The van der Waals surface area contributed by atoms with Gasteiger partial charge in [0.25, 0.3) is 5.56 Å². The topological polar surface area (TPSA) is 65.8 Å². The highest BCUT2D eigenvalue weighted by Crippen LogP contribution is 2.17. The molecule has 0 saturated carbocycles. The zero-order chi connectivity index (χ0) is 14.9. The number of nitrogens with zero attached hydrogens (tertiary/aromatic N) is 3. The molecule has 2 heterocycles. The van der Waals surface area contributed by atoms with Crippen molar-refractivity contribution in [1.29, 1.82) is 0 Å². The van der Waals surface area contributed by atoms with Gasteiger partial charge in [-0.2, -0.15) is 5.10 Å². The first-order chi connectivity index (χ1) is 9.43. The monoisotopic (exact) mass is 338 g/mol. The molecule has 0 fully saturated rings. The number of aromatic nitrogens is 3. The van der Waals surface area contributed by atoms with Gasteiger partial charge < -0.3 is 10.3 Å². The highest BCUT2D eigenvalue weighted by molar-refractivity contribution is 9.10. The van der Waals surface area contributed by atoms with Crippen molar-refractivity contribution >= 4 is 21.6 Å². The molecule has 0 bridgehead atoms. The minimum Gasteiger partial charge on any atom is -0.397 e. The van der Waals surface area contributed by atoms with E-state index in [-0.39, 0.29) is 5.56 Å². The molecule has 0 aliphatic carbocycles. The Bertz CT molecular complexity index is 674. The second-order valence-corrected chi connectivity index (χ2v) is 5.79. The summed E-state index contributed by atoms with van der Waals surface area (Å²) in [6, 6.07) is 2.29. The average Bonchev–Trinajstić information content (AvgIpc) is 2.90. The Labute approximate surface area is 126 Å². The zero-order valence-electron chi connectivity index (χ0n) is 11.9. The maximum atomic E-state index is 12.2. The van der Waals surface area contributed by atoms with Gasteiger partial charge in [-0.25, -0.2) is 0 Å². The Balaban J connectivity index is 2.31. The van der Waals surface area contributed by atoms with Crippen molar-refractivity contribution in [1.82, 2.24) is 14.3 Å². The van der Waals surface area contributed by atoms with E-state index < -0.39 is 0 Å². The Morgan fingerprint density at radius 1 is 1.50 bits per heavy atom. The molecule has 0 saturated heterocycles. The molecule has 2 aromatic heterocycles. The second-order valence-electron chi connectivity index (χ2n) is 5.00. The predicted molar refractivity (Wildman–Crippen MR) is 83.9 cm³/mol. The van der Waals surface area contributed by atoms with Crippen LogP contribution in [-0.4, -0.2) is 14.3 Å². The van der Waals surface area contributed by atoms with Gasteiger partial charge in [-0.05, 0) is 47.8 Å². The summed E-state index contributed by atoms with van der Waals surface area (Å²) in [6.45, 7) is 6.48. The average molecular weight is 339 g/mol. The number of pyridine rings is 1. The van der Waals surface area contributed by atoms with E-state index in [4.69, 9.17) is 5.73 Å². The normalized spacial score (nSPS) is 12.6. The second kappa shape index (κ2) is 5.83. The molecule has 0 spiro atoms. The molecule has 1 unspecified atom stereocenters. The first kappa shape index (κ1) is 14.8. The van der Waals surface area contributed by atoms with Crippen LogP contribution in [0.2, 0.25) is 0 Å². The first-order valence-electron chi connectivity index (χ1n) is 6.63. The lowest BCUT2D eigenvalue weighted by molar-refractivity contribution is 0.472. The molecule has 20 heavy (non-hydrogen) atoms. The Hall–Kier alpha value is -1.56. The van der Waals surface area contributed by atoms with Crippen LogP contribution in [0, 0.1) is 6.92 Å². The SMILES string of the molecule is CCC(C)n1ccc(Cn2cc(N)c(C)c(Br)c2=O)n1. The molecule has 2 rings (SSSR count). The molecule has 0 aliphatic rings. The van der Waals surface area contributed by atoms with Crippen LogP contribution in [0.15, 0.2) is 27.7 Å². The number of hydrogen-bond donors (Lipinski definition) is 1. The third kappa shape index (κ3) is 2.80. The van der Waals surface area contributed by atoms with Gasteiger partial charge in [-0.15, -0.1) is 0 Å². The number of anilines is 1. The maximum Gasteiger partial charge on any atom is 0.265 e. The van der Waals surface area contributed by atoms with Gasteiger partial charge in [0.2, 0.25) is 0 Å². The van der Waals surface area contributed by atoms with E-state index in [0.29, 0.717) is 22.7 Å². The Kier molecular flexibility index (Phi) is 4.32. The van der Waals surface area contributed by atoms with Crippen LogP contribution in [0.1, 0.15) is 37.6 Å². The third-order valence-corrected chi connectivity index (χ3v) is 4.48. The number of hydrogen-bond acceptors (Lipinski definition) is 3. The summed E-state index contributed by atoms with van der Waals surface area (Å²) >= 11 is 3.29. The minimum atomic E-state index is -0.0882. The van der Waals surface area contributed by atoms with Gasteiger partial charge in [-0.1, -0.05) is 6.92 Å². The van der Waals surface area contributed by atoms with Gasteiger partial charge in [0, 0.05) is 18.4 Å². The van der Waals surface area contributed by atoms with Gasteiger partial charge in [0.15, 0.2) is 0 Å². The molecule has 108 valence electrons. The summed E-state index contributed by atoms with van der Waals surface area (Å²) in [5.74, 6) is 0.